The fourth-order valence-electron chi connectivity index (χ4n) is 1.99. The zero-order chi connectivity index (χ0) is 20.2. The molecule has 146 valence electrons. The van der Waals surface area contributed by atoms with E-state index in [1.807, 2.05) is 30.3 Å². The van der Waals surface area contributed by atoms with Crippen LogP contribution in [0.3, 0.4) is 0 Å². The summed E-state index contributed by atoms with van der Waals surface area (Å²) in [5, 5.41) is 20.6. The summed E-state index contributed by atoms with van der Waals surface area (Å²) < 4.78 is 4.79. The van der Waals surface area contributed by atoms with Crippen LogP contribution in [0.5, 0.6) is 0 Å². The van der Waals surface area contributed by atoms with Gasteiger partial charge in [0.25, 0.3) is 0 Å². The Labute approximate surface area is 162 Å². The van der Waals surface area contributed by atoms with E-state index in [-0.39, 0.29) is 18.1 Å². The number of carboxylic acid groups (broad SMARTS) is 1. The van der Waals surface area contributed by atoms with Crippen molar-refractivity contribution >= 4 is 23.5 Å². The molecule has 0 spiro atoms. The average Bonchev–Trinajstić information content (AvgIpc) is 2.67. The molecule has 1 amide bonds. The molecule has 7 nitrogen and oxygen atoms in total. The number of ether oxygens (including phenoxy) is 1. The topological polar surface area (TPSA) is 122 Å². The number of aliphatic hydroxyl groups excluding tert-OH is 1. The second-order valence-electron chi connectivity index (χ2n) is 5.56. The van der Waals surface area contributed by atoms with E-state index in [2.05, 4.69) is 5.32 Å². The first kappa shape index (κ1) is 22.6. The Kier molecular flexibility index (Phi) is 10.1. The van der Waals surface area contributed by atoms with Gasteiger partial charge < -0.3 is 26.0 Å². The minimum absolute atomic E-state index is 0.194. The number of methoxy groups -OCH3 is 1. The maximum atomic E-state index is 11.4. The molecule has 27 heavy (non-hydrogen) atoms. The quantitative estimate of drug-likeness (QED) is 0.567. The number of carboxylic acids is 1. The van der Waals surface area contributed by atoms with Gasteiger partial charge >= 0.3 is 5.97 Å². The SMILES string of the molecule is COC[C@@H](N)C(=O)NCc1ccccc1.O=C(O)C(O)c1cccc(Cl)c1. The maximum Gasteiger partial charge on any atom is 0.337 e. The minimum atomic E-state index is -1.50. The summed E-state index contributed by atoms with van der Waals surface area (Å²) in [4.78, 5) is 21.7. The van der Waals surface area contributed by atoms with Crippen LogP contribution in [0.15, 0.2) is 54.6 Å². The van der Waals surface area contributed by atoms with Crippen molar-refractivity contribution in [3.8, 4) is 0 Å². The third-order valence-electron chi connectivity index (χ3n) is 3.39. The van der Waals surface area contributed by atoms with Crippen molar-refractivity contribution in [3.05, 3.63) is 70.7 Å². The summed E-state index contributed by atoms with van der Waals surface area (Å²) >= 11 is 5.59. The second-order valence-corrected chi connectivity index (χ2v) is 6.00. The van der Waals surface area contributed by atoms with E-state index in [9.17, 15) is 9.59 Å². The van der Waals surface area contributed by atoms with Gasteiger partial charge in [-0.15, -0.1) is 0 Å². The van der Waals surface area contributed by atoms with Crippen LogP contribution in [-0.4, -0.2) is 41.8 Å². The highest BCUT2D eigenvalue weighted by atomic mass is 35.5. The van der Waals surface area contributed by atoms with Crippen LogP contribution in [0.25, 0.3) is 0 Å². The van der Waals surface area contributed by atoms with Crippen LogP contribution >= 0.6 is 11.6 Å². The average molecular weight is 395 g/mol. The van der Waals surface area contributed by atoms with Crippen molar-refractivity contribution in [1.29, 1.82) is 0 Å². The molecule has 0 heterocycles. The van der Waals surface area contributed by atoms with E-state index in [0.29, 0.717) is 11.6 Å². The lowest BCUT2D eigenvalue weighted by Crippen LogP contribution is -2.43. The fourth-order valence-corrected chi connectivity index (χ4v) is 2.19. The molecule has 0 bridgehead atoms. The van der Waals surface area contributed by atoms with Gasteiger partial charge in [0.05, 0.1) is 6.61 Å². The van der Waals surface area contributed by atoms with Gasteiger partial charge in [0.1, 0.15) is 6.04 Å². The third kappa shape index (κ3) is 8.65. The number of nitrogens with one attached hydrogen (secondary N) is 1. The predicted octanol–water partition coefficient (Wildman–Crippen LogP) is 1.73. The van der Waals surface area contributed by atoms with Crippen LogP contribution in [0.2, 0.25) is 5.02 Å². The summed E-state index contributed by atoms with van der Waals surface area (Å²) in [5.74, 6) is -1.47. The normalized spacial score (nSPS) is 12.3. The minimum Gasteiger partial charge on any atom is -0.479 e. The summed E-state index contributed by atoms with van der Waals surface area (Å²) in [6, 6.07) is 15.2. The molecule has 2 rings (SSSR count). The highest BCUT2D eigenvalue weighted by Crippen LogP contribution is 2.17. The number of aliphatic hydroxyl groups is 1. The molecular formula is C19H23ClN2O5. The van der Waals surface area contributed by atoms with E-state index in [1.165, 1.54) is 19.2 Å². The summed E-state index contributed by atoms with van der Waals surface area (Å²) in [5.41, 5.74) is 6.89. The fraction of sp³-hybridized carbons (Fsp3) is 0.263. The molecular weight excluding hydrogens is 372 g/mol. The number of halogens is 1. The van der Waals surface area contributed by atoms with Crippen LogP contribution in [-0.2, 0) is 20.9 Å². The number of carbonyl (C=O) groups excluding carboxylic acids is 1. The Morgan fingerprint density at radius 2 is 1.85 bits per heavy atom. The summed E-state index contributed by atoms with van der Waals surface area (Å²) in [6.07, 6.45) is -1.50. The molecule has 5 N–H and O–H groups in total. The Morgan fingerprint density at radius 1 is 1.19 bits per heavy atom. The number of hydrogen-bond acceptors (Lipinski definition) is 5. The lowest BCUT2D eigenvalue weighted by molar-refractivity contribution is -0.147. The Hall–Kier alpha value is -2.45. The van der Waals surface area contributed by atoms with Gasteiger partial charge in [0, 0.05) is 18.7 Å². The Balaban J connectivity index is 0.000000277. The van der Waals surface area contributed by atoms with Gasteiger partial charge in [-0.3, -0.25) is 4.79 Å². The van der Waals surface area contributed by atoms with Gasteiger partial charge in [0.2, 0.25) is 5.91 Å². The number of carbonyl (C=O) groups is 2. The van der Waals surface area contributed by atoms with E-state index in [1.54, 1.807) is 12.1 Å². The molecule has 0 aliphatic carbocycles. The van der Waals surface area contributed by atoms with Crippen LogP contribution in [0, 0.1) is 0 Å². The summed E-state index contributed by atoms with van der Waals surface area (Å²) in [7, 11) is 1.52. The van der Waals surface area contributed by atoms with Crippen molar-refractivity contribution in [2.45, 2.75) is 18.7 Å². The van der Waals surface area contributed by atoms with Crippen LogP contribution < -0.4 is 11.1 Å². The first-order valence-corrected chi connectivity index (χ1v) is 8.45. The third-order valence-corrected chi connectivity index (χ3v) is 3.63. The van der Waals surface area contributed by atoms with Gasteiger partial charge in [-0.25, -0.2) is 4.79 Å². The molecule has 2 atom stereocenters. The largest absolute Gasteiger partial charge is 0.479 e. The molecule has 2 aromatic rings. The molecule has 2 aromatic carbocycles. The van der Waals surface area contributed by atoms with Crippen molar-refractivity contribution in [1.82, 2.24) is 5.32 Å². The molecule has 0 aromatic heterocycles. The number of aliphatic carboxylic acids is 1. The van der Waals surface area contributed by atoms with Crippen molar-refractivity contribution in [2.75, 3.05) is 13.7 Å². The van der Waals surface area contributed by atoms with Crippen LogP contribution in [0.1, 0.15) is 17.2 Å². The van der Waals surface area contributed by atoms with Gasteiger partial charge in [-0.2, -0.15) is 0 Å². The van der Waals surface area contributed by atoms with E-state index < -0.39 is 18.1 Å². The molecule has 0 radical (unpaired) electrons. The van der Waals surface area contributed by atoms with Crippen LogP contribution in [0.4, 0.5) is 0 Å². The molecule has 0 saturated heterocycles. The molecule has 1 unspecified atom stereocenters. The number of rotatable bonds is 7. The molecule has 8 heteroatoms. The van der Waals surface area contributed by atoms with Gasteiger partial charge in [-0.05, 0) is 23.3 Å². The molecule has 0 aliphatic heterocycles. The highest BCUT2D eigenvalue weighted by molar-refractivity contribution is 6.30. The number of nitrogens with two attached hydrogens (primary N) is 1. The predicted molar refractivity (Wildman–Crippen MR) is 102 cm³/mol. The lowest BCUT2D eigenvalue weighted by atomic mass is 10.1. The second kappa shape index (κ2) is 12.0. The summed E-state index contributed by atoms with van der Waals surface area (Å²) in [6.45, 7) is 0.734. The van der Waals surface area contributed by atoms with E-state index >= 15 is 0 Å². The Bertz CT molecular complexity index is 727. The van der Waals surface area contributed by atoms with Crippen molar-refractivity contribution < 1.29 is 24.5 Å². The van der Waals surface area contributed by atoms with Crippen molar-refractivity contribution in [2.24, 2.45) is 5.73 Å². The number of hydrogen-bond donors (Lipinski definition) is 4. The first-order chi connectivity index (χ1) is 12.8. The van der Waals surface area contributed by atoms with Crippen molar-refractivity contribution in [3.63, 3.8) is 0 Å². The van der Waals surface area contributed by atoms with E-state index in [4.69, 9.17) is 32.3 Å². The number of benzene rings is 2. The van der Waals surface area contributed by atoms with Gasteiger partial charge in [-0.1, -0.05) is 54.1 Å². The first-order valence-electron chi connectivity index (χ1n) is 8.07. The molecule has 0 fully saturated rings. The maximum absolute atomic E-state index is 11.4. The molecule has 0 saturated carbocycles. The zero-order valence-electron chi connectivity index (χ0n) is 14.8. The monoisotopic (exact) mass is 394 g/mol. The lowest BCUT2D eigenvalue weighted by Gasteiger charge is -2.10. The highest BCUT2D eigenvalue weighted by Gasteiger charge is 2.15. The zero-order valence-corrected chi connectivity index (χ0v) is 15.6. The Morgan fingerprint density at radius 3 is 2.41 bits per heavy atom. The molecule has 0 aliphatic rings. The van der Waals surface area contributed by atoms with E-state index in [0.717, 1.165) is 5.56 Å². The standard InChI is InChI=1S/C11H16N2O2.C8H7ClO3/c1-15-8-10(12)11(14)13-7-9-5-3-2-4-6-9;9-6-3-1-2-5(4-6)7(10)8(11)12/h2-6,10H,7-8,12H2,1H3,(H,13,14);1-4,7,10H,(H,11,12)/t10-;/m1./s1. The number of amides is 1. The smallest absolute Gasteiger partial charge is 0.337 e. The van der Waals surface area contributed by atoms with Gasteiger partial charge in [0.15, 0.2) is 6.10 Å².